The van der Waals surface area contributed by atoms with Gasteiger partial charge in [-0.3, -0.25) is 4.79 Å². The third kappa shape index (κ3) is 5.19. The van der Waals surface area contributed by atoms with Crippen molar-refractivity contribution in [3.8, 4) is 5.75 Å². The second-order valence-electron chi connectivity index (χ2n) is 7.49. The second kappa shape index (κ2) is 9.29. The van der Waals surface area contributed by atoms with Crippen LogP contribution in [0.5, 0.6) is 5.75 Å². The minimum Gasteiger partial charge on any atom is -0.495 e. The van der Waals surface area contributed by atoms with Gasteiger partial charge in [0.05, 0.1) is 23.3 Å². The molecule has 0 saturated carbocycles. The van der Waals surface area contributed by atoms with E-state index in [4.69, 9.17) is 16.3 Å². The van der Waals surface area contributed by atoms with Crippen LogP contribution in [0.3, 0.4) is 0 Å². The summed E-state index contributed by atoms with van der Waals surface area (Å²) >= 11 is 6.08. The smallest absolute Gasteiger partial charge is 0.416 e. The molecule has 0 unspecified atom stereocenters. The number of rotatable bonds is 5. The highest BCUT2D eigenvalue weighted by Crippen LogP contribution is 2.34. The molecular weight excluding hydrogens is 469 g/mol. The van der Waals surface area contributed by atoms with Gasteiger partial charge >= 0.3 is 6.18 Å². The fraction of sp³-hybridized carbons (Fsp3) is 0.381. The molecule has 0 aliphatic carbocycles. The molecule has 32 heavy (non-hydrogen) atoms. The molecule has 3 rings (SSSR count). The normalized spacial score (nSPS) is 16.1. The molecule has 6 nitrogen and oxygen atoms in total. The molecule has 174 valence electrons. The number of hydrogen-bond acceptors (Lipinski definition) is 4. The number of amides is 1. The fourth-order valence-electron chi connectivity index (χ4n) is 3.50. The van der Waals surface area contributed by atoms with E-state index in [0.29, 0.717) is 22.5 Å². The summed E-state index contributed by atoms with van der Waals surface area (Å²) in [5, 5.41) is 3.29. The second-order valence-corrected chi connectivity index (χ2v) is 9.84. The van der Waals surface area contributed by atoms with Gasteiger partial charge in [-0.1, -0.05) is 17.7 Å². The van der Waals surface area contributed by atoms with Gasteiger partial charge in [-0.25, -0.2) is 8.42 Å². The van der Waals surface area contributed by atoms with E-state index in [9.17, 15) is 26.4 Å². The molecule has 2 aromatic rings. The highest BCUT2D eigenvalue weighted by Gasteiger charge is 2.35. The van der Waals surface area contributed by atoms with Crippen LogP contribution in [0.2, 0.25) is 5.02 Å². The number of nitrogens with zero attached hydrogens (tertiary/aromatic N) is 1. The van der Waals surface area contributed by atoms with Gasteiger partial charge in [0.15, 0.2) is 0 Å². The Morgan fingerprint density at radius 1 is 1.19 bits per heavy atom. The largest absolute Gasteiger partial charge is 0.495 e. The molecule has 0 atom stereocenters. The molecule has 1 fully saturated rings. The van der Waals surface area contributed by atoms with E-state index in [1.165, 1.54) is 7.11 Å². The number of carbonyl (C=O) groups is 1. The van der Waals surface area contributed by atoms with Gasteiger partial charge in [0.2, 0.25) is 15.9 Å². The number of benzene rings is 2. The minimum atomic E-state index is -4.64. The number of carbonyl (C=O) groups excluding carboxylic acids is 1. The van der Waals surface area contributed by atoms with Crippen molar-refractivity contribution < 1.29 is 31.1 Å². The van der Waals surface area contributed by atoms with E-state index in [2.05, 4.69) is 5.32 Å². The number of methoxy groups -OCH3 is 1. The van der Waals surface area contributed by atoms with Crippen molar-refractivity contribution >= 4 is 33.2 Å². The van der Waals surface area contributed by atoms with Gasteiger partial charge in [0.1, 0.15) is 5.75 Å². The molecule has 0 aromatic heterocycles. The number of sulfonamides is 1. The maximum absolute atomic E-state index is 12.9. The lowest BCUT2D eigenvalue weighted by Gasteiger charge is -2.30. The molecule has 0 radical (unpaired) electrons. The summed E-state index contributed by atoms with van der Waals surface area (Å²) in [6.07, 6.45) is -4.17. The SMILES string of the molecule is COc1cc(Cl)c(C)cc1NC(=O)C1CCN(S(=O)(=O)c2cccc(C(F)(F)F)c2)CC1. The van der Waals surface area contributed by atoms with Gasteiger partial charge in [-0.05, 0) is 49.6 Å². The molecule has 1 N–H and O–H groups in total. The Kier molecular flexibility index (Phi) is 7.06. The number of piperidine rings is 1. The van der Waals surface area contributed by atoms with E-state index in [1.807, 2.05) is 0 Å². The van der Waals surface area contributed by atoms with E-state index in [-0.39, 0.29) is 31.8 Å². The molecule has 1 heterocycles. The summed E-state index contributed by atoms with van der Waals surface area (Å²) in [5.74, 6) is -0.344. The molecule has 1 aliphatic rings. The molecule has 11 heteroatoms. The number of nitrogens with one attached hydrogen (secondary N) is 1. The molecule has 0 bridgehead atoms. The predicted octanol–water partition coefficient (Wildman–Crippen LogP) is 4.72. The number of aryl methyl sites for hydroxylation is 1. The third-order valence-corrected chi connectivity index (χ3v) is 7.66. The van der Waals surface area contributed by atoms with Crippen LogP contribution in [0.15, 0.2) is 41.3 Å². The van der Waals surface area contributed by atoms with Crippen molar-refractivity contribution in [2.45, 2.75) is 30.8 Å². The zero-order chi connectivity index (χ0) is 23.7. The standard InChI is InChI=1S/C21H22ClF3N2O4S/c1-13-10-18(19(31-2)12-17(13)22)26-20(28)14-6-8-27(9-7-14)32(29,30)16-5-3-4-15(11-16)21(23,24)25/h3-5,10-12,14H,6-9H2,1-2H3,(H,26,28). The third-order valence-electron chi connectivity index (χ3n) is 5.36. The first-order chi connectivity index (χ1) is 14.9. The molecule has 1 amide bonds. The highest BCUT2D eigenvalue weighted by molar-refractivity contribution is 7.89. The van der Waals surface area contributed by atoms with Gasteiger partial charge in [0.25, 0.3) is 0 Å². The number of halogens is 4. The van der Waals surface area contributed by atoms with Gasteiger partial charge < -0.3 is 10.1 Å². The summed E-state index contributed by atoms with van der Waals surface area (Å²) in [5.41, 5.74) is 0.184. The number of ether oxygens (including phenoxy) is 1. The van der Waals surface area contributed by atoms with Crippen molar-refractivity contribution in [2.75, 3.05) is 25.5 Å². The first kappa shape index (κ1) is 24.3. The van der Waals surface area contributed by atoms with Crippen molar-refractivity contribution in [3.05, 3.63) is 52.5 Å². The predicted molar refractivity (Wildman–Crippen MR) is 114 cm³/mol. The van der Waals surface area contributed by atoms with Gasteiger partial charge in [0, 0.05) is 30.1 Å². The van der Waals surface area contributed by atoms with Crippen molar-refractivity contribution in [2.24, 2.45) is 5.92 Å². The number of anilines is 1. The Labute approximate surface area is 189 Å². The monoisotopic (exact) mass is 490 g/mol. The zero-order valence-electron chi connectivity index (χ0n) is 17.4. The topological polar surface area (TPSA) is 75.7 Å². The Balaban J connectivity index is 1.69. The molecule has 1 saturated heterocycles. The van der Waals surface area contributed by atoms with Crippen LogP contribution in [0, 0.1) is 12.8 Å². The van der Waals surface area contributed by atoms with Crippen molar-refractivity contribution in [1.82, 2.24) is 4.31 Å². The first-order valence-corrected chi connectivity index (χ1v) is 11.6. The lowest BCUT2D eigenvalue weighted by atomic mass is 9.97. The van der Waals surface area contributed by atoms with Crippen LogP contribution < -0.4 is 10.1 Å². The summed E-state index contributed by atoms with van der Waals surface area (Å²) in [6.45, 7) is 1.83. The lowest BCUT2D eigenvalue weighted by Crippen LogP contribution is -2.41. The highest BCUT2D eigenvalue weighted by atomic mass is 35.5. The van der Waals surface area contributed by atoms with Crippen LogP contribution in [-0.4, -0.2) is 38.8 Å². The van der Waals surface area contributed by atoms with Crippen molar-refractivity contribution in [3.63, 3.8) is 0 Å². The molecule has 1 aliphatic heterocycles. The van der Waals surface area contributed by atoms with Gasteiger partial charge in [-0.15, -0.1) is 0 Å². The van der Waals surface area contributed by atoms with E-state index in [0.717, 1.165) is 28.1 Å². The molecule has 0 spiro atoms. The fourth-order valence-corrected chi connectivity index (χ4v) is 5.17. The Morgan fingerprint density at radius 2 is 1.84 bits per heavy atom. The minimum absolute atomic E-state index is 0.0213. The Morgan fingerprint density at radius 3 is 2.44 bits per heavy atom. The summed E-state index contributed by atoms with van der Waals surface area (Å²) in [6, 6.07) is 6.94. The van der Waals surface area contributed by atoms with Crippen LogP contribution in [0.4, 0.5) is 18.9 Å². The Bertz CT molecular complexity index is 1110. The van der Waals surface area contributed by atoms with Gasteiger partial charge in [-0.2, -0.15) is 17.5 Å². The number of alkyl halides is 3. The Hall–Kier alpha value is -2.30. The lowest BCUT2D eigenvalue weighted by molar-refractivity contribution is -0.137. The number of hydrogen-bond donors (Lipinski definition) is 1. The van der Waals surface area contributed by atoms with Crippen molar-refractivity contribution in [1.29, 1.82) is 0 Å². The zero-order valence-corrected chi connectivity index (χ0v) is 18.9. The summed E-state index contributed by atoms with van der Waals surface area (Å²) < 4.78 is 70.8. The van der Waals surface area contributed by atoms with E-state index < -0.39 is 32.6 Å². The van der Waals surface area contributed by atoms with Crippen LogP contribution in [0.25, 0.3) is 0 Å². The first-order valence-electron chi connectivity index (χ1n) is 9.76. The van der Waals surface area contributed by atoms with Crippen LogP contribution in [-0.2, 0) is 21.0 Å². The average molecular weight is 491 g/mol. The van der Waals surface area contributed by atoms with Crippen LogP contribution in [0.1, 0.15) is 24.0 Å². The summed E-state index contributed by atoms with van der Waals surface area (Å²) in [4.78, 5) is 12.3. The maximum Gasteiger partial charge on any atom is 0.416 e. The summed E-state index contributed by atoms with van der Waals surface area (Å²) in [7, 11) is -2.65. The van der Waals surface area contributed by atoms with Crippen LogP contribution >= 0.6 is 11.6 Å². The van der Waals surface area contributed by atoms with E-state index >= 15 is 0 Å². The molecule has 2 aromatic carbocycles. The quantitative estimate of drug-likeness (QED) is 0.658. The molecular formula is C21H22ClF3N2O4S. The van der Waals surface area contributed by atoms with E-state index in [1.54, 1.807) is 19.1 Å². The maximum atomic E-state index is 12.9. The average Bonchev–Trinajstić information content (AvgIpc) is 2.75.